The van der Waals surface area contributed by atoms with Crippen LogP contribution in [0, 0.1) is 0 Å². The van der Waals surface area contributed by atoms with Gasteiger partial charge in [0.1, 0.15) is 0 Å². The first-order valence-electron chi connectivity index (χ1n) is 7.56. The zero-order valence-electron chi connectivity index (χ0n) is 13.7. The molecule has 22 heavy (non-hydrogen) atoms. The summed E-state index contributed by atoms with van der Waals surface area (Å²) in [4.78, 5) is 23.2. The molecule has 0 heterocycles. The Morgan fingerprint density at radius 2 is 1.77 bits per heavy atom. The van der Waals surface area contributed by atoms with Gasteiger partial charge in [-0.1, -0.05) is 55.8 Å². The summed E-state index contributed by atoms with van der Waals surface area (Å²) in [6.45, 7) is 8.71. The molecular formula is C17H25BrN2O2. The van der Waals surface area contributed by atoms with Crippen molar-refractivity contribution in [3.63, 3.8) is 0 Å². The Kier molecular flexibility index (Phi) is 7.07. The van der Waals surface area contributed by atoms with E-state index in [0.29, 0.717) is 6.54 Å². The van der Waals surface area contributed by atoms with Crippen LogP contribution >= 0.6 is 15.9 Å². The van der Waals surface area contributed by atoms with E-state index in [1.165, 1.54) is 5.56 Å². The number of carbonyl (C=O) groups excluding carboxylic acids is 2. The molecule has 0 spiro atoms. The highest BCUT2D eigenvalue weighted by Gasteiger charge is 2.14. The number of hydrogen-bond donors (Lipinski definition) is 2. The molecule has 1 aromatic rings. The average molecular weight is 369 g/mol. The van der Waals surface area contributed by atoms with Gasteiger partial charge < -0.3 is 10.6 Å². The normalized spacial score (nSPS) is 12.6. The monoisotopic (exact) mass is 368 g/mol. The van der Waals surface area contributed by atoms with Crippen LogP contribution in [0.1, 0.15) is 46.1 Å². The Bertz CT molecular complexity index is 506. The Labute approximate surface area is 141 Å². The summed E-state index contributed by atoms with van der Waals surface area (Å²) in [5.41, 5.74) is 2.09. The molecule has 0 aromatic heterocycles. The molecule has 0 saturated carbocycles. The molecule has 2 amide bonds. The molecule has 4 nitrogen and oxygen atoms in total. The van der Waals surface area contributed by atoms with Crippen LogP contribution in [0.15, 0.2) is 24.3 Å². The number of rotatable bonds is 6. The number of nitrogens with one attached hydrogen (secondary N) is 2. The van der Waals surface area contributed by atoms with Gasteiger partial charge in [-0.3, -0.25) is 9.59 Å². The fraction of sp³-hybridized carbons (Fsp3) is 0.529. The zero-order chi connectivity index (χ0) is 16.8. The Hall–Kier alpha value is -1.36. The average Bonchev–Trinajstić information content (AvgIpc) is 2.45. The van der Waals surface area contributed by atoms with Crippen LogP contribution < -0.4 is 10.6 Å². The SMILES string of the molecule is CC[C@@H](Br)C(=O)NCCC(=O)Nc1ccc(C(C)(C)C)cc1. The molecule has 1 rings (SSSR count). The molecule has 2 N–H and O–H groups in total. The van der Waals surface area contributed by atoms with Crippen molar-refractivity contribution < 1.29 is 9.59 Å². The number of alkyl halides is 1. The van der Waals surface area contributed by atoms with Gasteiger partial charge in [0.25, 0.3) is 0 Å². The summed E-state index contributed by atoms with van der Waals surface area (Å²) in [5, 5.41) is 5.57. The van der Waals surface area contributed by atoms with E-state index in [4.69, 9.17) is 0 Å². The highest BCUT2D eigenvalue weighted by atomic mass is 79.9. The maximum atomic E-state index is 11.8. The predicted octanol–water partition coefficient (Wildman–Crippen LogP) is 3.60. The third-order valence-electron chi connectivity index (χ3n) is 3.33. The molecule has 5 heteroatoms. The van der Waals surface area contributed by atoms with Gasteiger partial charge in [0.2, 0.25) is 11.8 Å². The van der Waals surface area contributed by atoms with Crippen molar-refractivity contribution in [3.05, 3.63) is 29.8 Å². The van der Waals surface area contributed by atoms with Gasteiger partial charge in [-0.15, -0.1) is 0 Å². The molecule has 0 aliphatic heterocycles. The van der Waals surface area contributed by atoms with Crippen molar-refractivity contribution >= 4 is 33.4 Å². The van der Waals surface area contributed by atoms with E-state index in [2.05, 4.69) is 47.3 Å². The number of amides is 2. The molecule has 122 valence electrons. The van der Waals surface area contributed by atoms with Gasteiger partial charge in [-0.05, 0) is 29.5 Å². The third kappa shape index (κ3) is 6.18. The van der Waals surface area contributed by atoms with E-state index in [0.717, 1.165) is 12.1 Å². The second kappa shape index (κ2) is 8.32. The maximum Gasteiger partial charge on any atom is 0.233 e. The van der Waals surface area contributed by atoms with Gasteiger partial charge in [0, 0.05) is 18.7 Å². The number of hydrogen-bond acceptors (Lipinski definition) is 2. The van der Waals surface area contributed by atoms with Gasteiger partial charge >= 0.3 is 0 Å². The second-order valence-electron chi connectivity index (χ2n) is 6.29. The summed E-state index contributed by atoms with van der Waals surface area (Å²) in [5.74, 6) is -0.184. The van der Waals surface area contributed by atoms with E-state index in [1.54, 1.807) is 0 Å². The van der Waals surface area contributed by atoms with Crippen molar-refractivity contribution in [1.29, 1.82) is 0 Å². The Morgan fingerprint density at radius 1 is 1.18 bits per heavy atom. The number of carbonyl (C=O) groups is 2. The highest BCUT2D eigenvalue weighted by molar-refractivity contribution is 9.10. The summed E-state index contributed by atoms with van der Waals surface area (Å²) < 4.78 is 0. The van der Waals surface area contributed by atoms with Crippen molar-refractivity contribution in [2.75, 3.05) is 11.9 Å². The summed E-state index contributed by atoms with van der Waals surface area (Å²) in [7, 11) is 0. The van der Waals surface area contributed by atoms with Crippen molar-refractivity contribution in [2.45, 2.75) is 50.8 Å². The third-order valence-corrected chi connectivity index (χ3v) is 4.39. The van der Waals surface area contributed by atoms with E-state index in [9.17, 15) is 9.59 Å². The quantitative estimate of drug-likeness (QED) is 0.753. The number of benzene rings is 1. The minimum atomic E-state index is -0.194. The van der Waals surface area contributed by atoms with E-state index < -0.39 is 0 Å². The highest BCUT2D eigenvalue weighted by Crippen LogP contribution is 2.23. The lowest BCUT2D eigenvalue weighted by atomic mass is 9.87. The van der Waals surface area contributed by atoms with Gasteiger partial charge in [0.15, 0.2) is 0 Å². The predicted molar refractivity (Wildman–Crippen MR) is 94.4 cm³/mol. The van der Waals surface area contributed by atoms with Crippen LogP contribution in [0.2, 0.25) is 0 Å². The number of halogens is 1. The molecule has 0 aliphatic carbocycles. The zero-order valence-corrected chi connectivity index (χ0v) is 15.3. The molecule has 1 aromatic carbocycles. The molecule has 1 atom stereocenters. The van der Waals surface area contributed by atoms with Crippen molar-refractivity contribution in [1.82, 2.24) is 5.32 Å². The first kappa shape index (κ1) is 18.7. The van der Waals surface area contributed by atoms with Crippen molar-refractivity contribution in [3.8, 4) is 0 Å². The van der Waals surface area contributed by atoms with Crippen LogP contribution in [0.4, 0.5) is 5.69 Å². The molecule has 0 radical (unpaired) electrons. The first-order chi connectivity index (χ1) is 10.2. The summed E-state index contributed by atoms with van der Waals surface area (Å²) >= 11 is 3.27. The fourth-order valence-corrected chi connectivity index (χ4v) is 2.03. The van der Waals surface area contributed by atoms with Gasteiger partial charge in [-0.2, -0.15) is 0 Å². The molecule has 0 unspecified atom stereocenters. The van der Waals surface area contributed by atoms with E-state index >= 15 is 0 Å². The largest absolute Gasteiger partial charge is 0.355 e. The topological polar surface area (TPSA) is 58.2 Å². The van der Waals surface area contributed by atoms with Crippen LogP contribution in [-0.4, -0.2) is 23.2 Å². The van der Waals surface area contributed by atoms with Crippen LogP contribution in [0.3, 0.4) is 0 Å². The smallest absolute Gasteiger partial charge is 0.233 e. The maximum absolute atomic E-state index is 11.8. The lowest BCUT2D eigenvalue weighted by molar-refractivity contribution is -0.120. The first-order valence-corrected chi connectivity index (χ1v) is 8.47. The summed E-state index contributed by atoms with van der Waals surface area (Å²) in [6, 6.07) is 7.85. The van der Waals surface area contributed by atoms with Crippen LogP contribution in [0.25, 0.3) is 0 Å². The summed E-state index contributed by atoms with van der Waals surface area (Å²) in [6.07, 6.45) is 0.981. The minimum absolute atomic E-state index is 0.0789. The van der Waals surface area contributed by atoms with Crippen LogP contribution in [0.5, 0.6) is 0 Å². The van der Waals surface area contributed by atoms with Gasteiger partial charge in [-0.25, -0.2) is 0 Å². The lowest BCUT2D eigenvalue weighted by Crippen LogP contribution is -2.33. The molecule has 0 bridgehead atoms. The molecule has 0 aliphatic rings. The van der Waals surface area contributed by atoms with Gasteiger partial charge in [0.05, 0.1) is 4.83 Å². The minimum Gasteiger partial charge on any atom is -0.355 e. The van der Waals surface area contributed by atoms with E-state index in [-0.39, 0.29) is 28.5 Å². The number of anilines is 1. The van der Waals surface area contributed by atoms with E-state index in [1.807, 2.05) is 31.2 Å². The lowest BCUT2D eigenvalue weighted by Gasteiger charge is -2.19. The second-order valence-corrected chi connectivity index (χ2v) is 7.40. The standard InChI is InChI=1S/C17H25BrN2O2/c1-5-14(18)16(22)19-11-10-15(21)20-13-8-6-12(7-9-13)17(2,3)4/h6-9,14H,5,10-11H2,1-4H3,(H,19,22)(H,20,21)/t14-/m1/s1. The molecule has 0 fully saturated rings. The molecular weight excluding hydrogens is 344 g/mol. The fourth-order valence-electron chi connectivity index (χ4n) is 1.87. The van der Waals surface area contributed by atoms with Crippen LogP contribution in [-0.2, 0) is 15.0 Å². The Balaban J connectivity index is 2.41. The Morgan fingerprint density at radius 3 is 2.27 bits per heavy atom. The van der Waals surface area contributed by atoms with Crippen molar-refractivity contribution in [2.24, 2.45) is 0 Å². The molecule has 0 saturated heterocycles.